The highest BCUT2D eigenvalue weighted by atomic mass is 16.5. The smallest absolute Gasteiger partial charge is 0.308 e. The molecule has 27 heavy (non-hydrogen) atoms. The molecule has 0 radical (unpaired) electrons. The van der Waals surface area contributed by atoms with E-state index < -0.39 is 11.4 Å². The fourth-order valence-corrected chi connectivity index (χ4v) is 3.42. The Morgan fingerprint density at radius 2 is 1.93 bits per heavy atom. The lowest BCUT2D eigenvalue weighted by Gasteiger charge is -2.38. The second kappa shape index (κ2) is 10.9. The normalized spacial score (nSPS) is 21.3. The minimum atomic E-state index is -1.32. The maximum absolute atomic E-state index is 12.1. The first-order chi connectivity index (χ1) is 12.9. The van der Waals surface area contributed by atoms with Crippen molar-refractivity contribution in [3.8, 4) is 24.0 Å². The molecule has 6 heteroatoms. The molecule has 6 nitrogen and oxygen atoms in total. The third kappa shape index (κ3) is 6.03. The predicted molar refractivity (Wildman–Crippen MR) is 97.3 cm³/mol. The van der Waals surface area contributed by atoms with E-state index in [1.165, 1.54) is 6.92 Å². The lowest BCUT2D eigenvalue weighted by molar-refractivity contribution is -0.150. The first kappa shape index (κ1) is 22.0. The van der Waals surface area contributed by atoms with Crippen LogP contribution in [0.3, 0.4) is 0 Å². The van der Waals surface area contributed by atoms with Crippen molar-refractivity contribution in [2.75, 3.05) is 13.2 Å². The highest BCUT2D eigenvalue weighted by Crippen LogP contribution is 2.46. The van der Waals surface area contributed by atoms with Crippen LogP contribution in [0.25, 0.3) is 0 Å². The van der Waals surface area contributed by atoms with Crippen molar-refractivity contribution in [1.82, 2.24) is 0 Å². The summed E-state index contributed by atoms with van der Waals surface area (Å²) in [5.41, 5.74) is 1.41. The van der Waals surface area contributed by atoms with Gasteiger partial charge in [-0.1, -0.05) is 18.4 Å². The summed E-state index contributed by atoms with van der Waals surface area (Å²) < 4.78 is 9.85. The van der Waals surface area contributed by atoms with Gasteiger partial charge in [0.2, 0.25) is 0 Å². The van der Waals surface area contributed by atoms with E-state index in [0.717, 1.165) is 0 Å². The summed E-state index contributed by atoms with van der Waals surface area (Å²) in [5.74, 6) is 4.00. The Balaban J connectivity index is 3.00. The molecule has 1 saturated carbocycles. The Hall–Kier alpha value is -3.00. The molecule has 1 rings (SSSR count). The minimum Gasteiger partial charge on any atom is -0.466 e. The molecule has 1 aliphatic carbocycles. The van der Waals surface area contributed by atoms with Crippen molar-refractivity contribution in [2.45, 2.75) is 39.5 Å². The number of nitriles is 2. The van der Waals surface area contributed by atoms with Crippen molar-refractivity contribution in [3.63, 3.8) is 0 Å². The van der Waals surface area contributed by atoms with E-state index in [9.17, 15) is 20.1 Å². The van der Waals surface area contributed by atoms with Crippen LogP contribution in [0.2, 0.25) is 0 Å². The van der Waals surface area contributed by atoms with Gasteiger partial charge in [-0.05, 0) is 44.1 Å². The van der Waals surface area contributed by atoms with Gasteiger partial charge in [0.25, 0.3) is 0 Å². The van der Waals surface area contributed by atoms with Gasteiger partial charge in [-0.2, -0.15) is 10.5 Å². The molecule has 0 unspecified atom stereocenters. The van der Waals surface area contributed by atoms with E-state index in [0.29, 0.717) is 25.9 Å². The number of allylic oxidation sites excluding steroid dienone is 1. The first-order valence-electron chi connectivity index (χ1n) is 8.88. The molecule has 0 aromatic heterocycles. The fourth-order valence-electron chi connectivity index (χ4n) is 3.42. The Kier molecular flexibility index (Phi) is 8.87. The highest BCUT2D eigenvalue weighted by Gasteiger charge is 2.46. The van der Waals surface area contributed by atoms with E-state index in [-0.39, 0.29) is 36.8 Å². The van der Waals surface area contributed by atoms with Gasteiger partial charge in [-0.3, -0.25) is 9.59 Å². The van der Waals surface area contributed by atoms with Crippen molar-refractivity contribution < 1.29 is 19.1 Å². The molecule has 1 fully saturated rings. The standard InChI is InChI=1S/C21H24N2O4/c1-4-8-17-13-18(20(25)26-5-2)9-10-19(17)21(14-22,15-23)11-6-7-12-27-16(3)24/h8,17-19H,1,5,9-13H2,2-3H3/t17-,18-,19-/m0/s1. The molecule has 0 saturated heterocycles. The van der Waals surface area contributed by atoms with Crippen LogP contribution >= 0.6 is 0 Å². The number of hydrogen-bond acceptors (Lipinski definition) is 6. The summed E-state index contributed by atoms with van der Waals surface area (Å²) in [6.45, 7) is 6.88. The van der Waals surface area contributed by atoms with Gasteiger partial charge in [0.15, 0.2) is 12.0 Å². The third-order valence-corrected chi connectivity index (χ3v) is 4.72. The quantitative estimate of drug-likeness (QED) is 0.406. The number of nitrogens with zero attached hydrogens (tertiary/aromatic N) is 2. The Morgan fingerprint density at radius 1 is 1.22 bits per heavy atom. The predicted octanol–water partition coefficient (Wildman–Crippen LogP) is 2.91. The molecule has 0 heterocycles. The zero-order chi connectivity index (χ0) is 20.3. The Labute approximate surface area is 160 Å². The second-order valence-electron chi connectivity index (χ2n) is 6.41. The monoisotopic (exact) mass is 368 g/mol. The number of hydrogen-bond donors (Lipinski definition) is 0. The van der Waals surface area contributed by atoms with Crippen LogP contribution in [0.5, 0.6) is 0 Å². The maximum atomic E-state index is 12.1. The zero-order valence-corrected chi connectivity index (χ0v) is 15.8. The van der Waals surface area contributed by atoms with Crippen LogP contribution in [-0.4, -0.2) is 25.2 Å². The first-order valence-corrected chi connectivity index (χ1v) is 8.88. The van der Waals surface area contributed by atoms with Gasteiger partial charge in [0.05, 0.1) is 24.7 Å². The van der Waals surface area contributed by atoms with Crippen LogP contribution in [-0.2, 0) is 19.1 Å². The molecule has 142 valence electrons. The van der Waals surface area contributed by atoms with Crippen LogP contribution < -0.4 is 0 Å². The minimum absolute atomic E-state index is 0.0392. The third-order valence-electron chi connectivity index (χ3n) is 4.72. The fraction of sp³-hybridized carbons (Fsp3) is 0.571. The van der Waals surface area contributed by atoms with Gasteiger partial charge in [-0.15, -0.1) is 5.73 Å². The summed E-state index contributed by atoms with van der Waals surface area (Å²) in [6.07, 6.45) is 3.33. The second-order valence-corrected chi connectivity index (χ2v) is 6.41. The number of ether oxygens (including phenoxy) is 2. The lowest BCUT2D eigenvalue weighted by Crippen LogP contribution is -2.38. The van der Waals surface area contributed by atoms with E-state index in [1.54, 1.807) is 13.0 Å². The molecule has 1 aliphatic rings. The van der Waals surface area contributed by atoms with Gasteiger partial charge in [0, 0.05) is 13.3 Å². The highest BCUT2D eigenvalue weighted by molar-refractivity contribution is 5.72. The maximum Gasteiger partial charge on any atom is 0.308 e. The SMILES string of the molecule is C=C=C[C@H]1C[C@@H](C(=O)OCC)CC[C@@H]1C(C#N)(C#N)CC#CCOC(C)=O. The number of esters is 2. The molecule has 0 aromatic rings. The van der Waals surface area contributed by atoms with Crippen molar-refractivity contribution in [1.29, 1.82) is 10.5 Å². The van der Waals surface area contributed by atoms with Crippen LogP contribution in [0.1, 0.15) is 39.5 Å². The van der Waals surface area contributed by atoms with Gasteiger partial charge in [0.1, 0.15) is 0 Å². The van der Waals surface area contributed by atoms with Gasteiger partial charge < -0.3 is 9.47 Å². The molecule has 0 bridgehead atoms. The van der Waals surface area contributed by atoms with Crippen LogP contribution in [0.4, 0.5) is 0 Å². The summed E-state index contributed by atoms with van der Waals surface area (Å²) >= 11 is 0. The molecule has 0 aliphatic heterocycles. The average molecular weight is 368 g/mol. The van der Waals surface area contributed by atoms with E-state index >= 15 is 0 Å². The van der Waals surface area contributed by atoms with E-state index in [2.05, 4.69) is 36.3 Å². The Morgan fingerprint density at radius 3 is 2.48 bits per heavy atom. The molecular formula is C21H24N2O4. The number of carbonyl (C=O) groups excluding carboxylic acids is 2. The van der Waals surface area contributed by atoms with Crippen molar-refractivity contribution in [2.24, 2.45) is 23.2 Å². The summed E-state index contributed by atoms with van der Waals surface area (Å²) in [7, 11) is 0. The molecule has 0 aromatic carbocycles. The lowest BCUT2D eigenvalue weighted by atomic mass is 9.61. The Bertz CT molecular complexity index is 727. The topological polar surface area (TPSA) is 100 Å². The average Bonchev–Trinajstić information content (AvgIpc) is 2.65. The molecule has 3 atom stereocenters. The van der Waals surface area contributed by atoms with Crippen molar-refractivity contribution >= 4 is 11.9 Å². The van der Waals surface area contributed by atoms with E-state index in [1.807, 2.05) is 0 Å². The molecule has 0 N–H and O–H groups in total. The van der Waals surface area contributed by atoms with Crippen LogP contribution in [0.15, 0.2) is 18.4 Å². The number of rotatable bonds is 6. The van der Waals surface area contributed by atoms with E-state index in [4.69, 9.17) is 9.47 Å². The largest absolute Gasteiger partial charge is 0.466 e. The van der Waals surface area contributed by atoms with Gasteiger partial charge >= 0.3 is 11.9 Å². The van der Waals surface area contributed by atoms with Gasteiger partial charge in [-0.25, -0.2) is 0 Å². The number of carbonyl (C=O) groups is 2. The summed E-state index contributed by atoms with van der Waals surface area (Å²) in [4.78, 5) is 22.8. The molecule has 0 spiro atoms. The zero-order valence-electron chi connectivity index (χ0n) is 15.8. The summed E-state index contributed by atoms with van der Waals surface area (Å²) in [5, 5.41) is 19.5. The summed E-state index contributed by atoms with van der Waals surface area (Å²) in [6, 6.07) is 4.27. The molecular weight excluding hydrogens is 344 g/mol. The van der Waals surface area contributed by atoms with Crippen molar-refractivity contribution in [3.05, 3.63) is 18.4 Å². The van der Waals surface area contributed by atoms with Crippen LogP contribution in [0, 0.1) is 57.7 Å². The molecule has 0 amide bonds.